The SMILES string of the molecule is CCOC(=O)C(NC(=O)C(C)C)C(C)(C)SC(=O)CC(=O)C(=O)OC(C)C.[HH]. The molecule has 0 aromatic rings. The molecule has 1 atom stereocenters. The summed E-state index contributed by atoms with van der Waals surface area (Å²) in [5.41, 5.74) is 0. The summed E-state index contributed by atoms with van der Waals surface area (Å²) in [7, 11) is 0. The zero-order valence-electron chi connectivity index (χ0n) is 16.9. The second-order valence-corrected chi connectivity index (χ2v) is 8.69. The average molecular weight is 406 g/mol. The van der Waals surface area contributed by atoms with Crippen molar-refractivity contribution < 1.29 is 34.9 Å². The van der Waals surface area contributed by atoms with Crippen LogP contribution in [0.4, 0.5) is 0 Å². The van der Waals surface area contributed by atoms with Crippen LogP contribution < -0.4 is 5.32 Å². The van der Waals surface area contributed by atoms with E-state index in [0.717, 1.165) is 0 Å². The van der Waals surface area contributed by atoms with E-state index in [1.165, 1.54) is 0 Å². The highest BCUT2D eigenvalue weighted by Gasteiger charge is 2.40. The highest BCUT2D eigenvalue weighted by atomic mass is 32.2. The number of ketones is 1. The highest BCUT2D eigenvalue weighted by molar-refractivity contribution is 8.14. The summed E-state index contributed by atoms with van der Waals surface area (Å²) in [6.45, 7) is 11.4. The summed E-state index contributed by atoms with van der Waals surface area (Å²) in [5.74, 6) is -3.46. The predicted molar refractivity (Wildman–Crippen MR) is 103 cm³/mol. The molecule has 0 heterocycles. The van der Waals surface area contributed by atoms with Crippen LogP contribution in [0.25, 0.3) is 0 Å². The lowest BCUT2D eigenvalue weighted by molar-refractivity contribution is -0.157. The summed E-state index contributed by atoms with van der Waals surface area (Å²) in [4.78, 5) is 59.9. The van der Waals surface area contributed by atoms with Crippen molar-refractivity contribution in [3.8, 4) is 0 Å². The van der Waals surface area contributed by atoms with Crippen molar-refractivity contribution in [1.82, 2.24) is 5.32 Å². The standard InChI is InChI=1S/C18H29NO7S.H2/c1-8-25-17(24)14(19-15(22)10(2)3)18(6,7)27-13(21)9-12(20)16(23)26-11(4)5;/h10-11,14H,8-9H2,1-7H3,(H,19,22);1H. The minimum absolute atomic E-state index is 0. The van der Waals surface area contributed by atoms with Crippen LogP contribution in [0.3, 0.4) is 0 Å². The molecule has 0 saturated heterocycles. The van der Waals surface area contributed by atoms with Gasteiger partial charge in [0.15, 0.2) is 5.12 Å². The number of ether oxygens (including phenoxy) is 2. The van der Waals surface area contributed by atoms with Gasteiger partial charge in [-0.25, -0.2) is 9.59 Å². The van der Waals surface area contributed by atoms with Crippen molar-refractivity contribution in [3.63, 3.8) is 0 Å². The van der Waals surface area contributed by atoms with Crippen LogP contribution in [0.2, 0.25) is 0 Å². The number of thioether (sulfide) groups is 1. The van der Waals surface area contributed by atoms with Crippen molar-refractivity contribution in [2.75, 3.05) is 6.61 Å². The Hall–Kier alpha value is -1.90. The smallest absolute Gasteiger partial charge is 0.375 e. The minimum atomic E-state index is -1.10. The Labute approximate surface area is 165 Å². The minimum Gasteiger partial charge on any atom is -0.464 e. The number of nitrogens with one attached hydrogen (secondary N) is 1. The maximum Gasteiger partial charge on any atom is 0.375 e. The molecule has 0 aliphatic carbocycles. The molecule has 1 unspecified atom stereocenters. The van der Waals surface area contributed by atoms with Gasteiger partial charge in [0, 0.05) is 12.1 Å². The van der Waals surface area contributed by atoms with E-state index in [4.69, 9.17) is 9.47 Å². The van der Waals surface area contributed by atoms with Gasteiger partial charge in [-0.2, -0.15) is 0 Å². The van der Waals surface area contributed by atoms with E-state index in [2.05, 4.69) is 5.32 Å². The molecule has 0 aromatic carbocycles. The summed E-state index contributed by atoms with van der Waals surface area (Å²) < 4.78 is 8.65. The molecule has 1 amide bonds. The van der Waals surface area contributed by atoms with Gasteiger partial charge in [0.2, 0.25) is 11.7 Å². The first-order valence-corrected chi connectivity index (χ1v) is 9.56. The first-order valence-electron chi connectivity index (χ1n) is 8.74. The van der Waals surface area contributed by atoms with E-state index in [9.17, 15) is 24.0 Å². The molecule has 0 fully saturated rings. The summed E-state index contributed by atoms with van der Waals surface area (Å²) in [6, 6.07) is -1.10. The lowest BCUT2D eigenvalue weighted by Gasteiger charge is -2.32. The van der Waals surface area contributed by atoms with Gasteiger partial charge in [-0.3, -0.25) is 14.4 Å². The first kappa shape index (κ1) is 25.1. The third-order valence-electron chi connectivity index (χ3n) is 3.28. The molecular weight excluding hydrogens is 374 g/mol. The van der Waals surface area contributed by atoms with Gasteiger partial charge in [-0.1, -0.05) is 25.6 Å². The molecule has 156 valence electrons. The summed E-state index contributed by atoms with van der Waals surface area (Å²) >= 11 is 0.699. The number of amides is 1. The van der Waals surface area contributed by atoms with Crippen LogP contribution in [0.1, 0.15) is 56.3 Å². The van der Waals surface area contributed by atoms with E-state index in [1.807, 2.05) is 0 Å². The number of hydrogen-bond acceptors (Lipinski definition) is 8. The molecule has 8 nitrogen and oxygen atoms in total. The number of carbonyl (C=O) groups is 5. The maximum absolute atomic E-state index is 12.3. The van der Waals surface area contributed by atoms with Crippen molar-refractivity contribution in [2.45, 2.75) is 71.8 Å². The zero-order valence-corrected chi connectivity index (χ0v) is 17.7. The maximum atomic E-state index is 12.3. The summed E-state index contributed by atoms with van der Waals surface area (Å²) in [6.07, 6.45) is -1.13. The quantitative estimate of drug-likeness (QED) is 0.333. The van der Waals surface area contributed by atoms with E-state index in [1.54, 1.807) is 48.5 Å². The van der Waals surface area contributed by atoms with Gasteiger partial charge in [0.1, 0.15) is 6.04 Å². The topological polar surface area (TPSA) is 116 Å². The molecule has 0 rings (SSSR count). The van der Waals surface area contributed by atoms with Crippen LogP contribution in [0.5, 0.6) is 0 Å². The average Bonchev–Trinajstić information content (AvgIpc) is 2.50. The fraction of sp³-hybridized carbons (Fsp3) is 0.722. The Bertz CT molecular complexity index is 590. The fourth-order valence-electron chi connectivity index (χ4n) is 1.92. The molecule has 0 radical (unpaired) electrons. The predicted octanol–water partition coefficient (Wildman–Crippen LogP) is 1.89. The lowest BCUT2D eigenvalue weighted by Crippen LogP contribution is -2.54. The second kappa shape index (κ2) is 11.1. The van der Waals surface area contributed by atoms with Crippen LogP contribution in [-0.4, -0.2) is 52.2 Å². The third kappa shape index (κ3) is 9.03. The van der Waals surface area contributed by atoms with Crippen LogP contribution in [-0.2, 0) is 33.4 Å². The highest BCUT2D eigenvalue weighted by Crippen LogP contribution is 2.31. The number of carbonyl (C=O) groups excluding carboxylic acids is 5. The van der Waals surface area contributed by atoms with E-state index in [-0.39, 0.29) is 19.9 Å². The van der Waals surface area contributed by atoms with Crippen molar-refractivity contribution in [2.24, 2.45) is 5.92 Å². The number of Topliss-reactive ketones (excluding diaryl/α,β-unsaturated/α-hetero) is 1. The second-order valence-electron chi connectivity index (χ2n) is 6.98. The van der Waals surface area contributed by atoms with Crippen molar-refractivity contribution >= 4 is 40.5 Å². The Morgan fingerprint density at radius 3 is 2.07 bits per heavy atom. The molecule has 0 spiro atoms. The normalized spacial score (nSPS) is 12.5. The van der Waals surface area contributed by atoms with Gasteiger partial charge in [0.05, 0.1) is 19.1 Å². The molecule has 1 N–H and O–H groups in total. The van der Waals surface area contributed by atoms with Crippen LogP contribution in [0.15, 0.2) is 0 Å². The van der Waals surface area contributed by atoms with Crippen LogP contribution in [0, 0.1) is 5.92 Å². The number of hydrogen-bond donors (Lipinski definition) is 1. The molecule has 0 saturated carbocycles. The Balaban J connectivity index is 0. The van der Waals surface area contributed by atoms with E-state index in [0.29, 0.717) is 11.8 Å². The van der Waals surface area contributed by atoms with E-state index < -0.39 is 46.2 Å². The monoisotopic (exact) mass is 405 g/mol. The van der Waals surface area contributed by atoms with Gasteiger partial charge in [-0.05, 0) is 34.6 Å². The molecule has 0 aliphatic heterocycles. The van der Waals surface area contributed by atoms with Gasteiger partial charge < -0.3 is 14.8 Å². The number of esters is 2. The number of rotatable bonds is 10. The molecular formula is C18H31NO7S. The molecule has 27 heavy (non-hydrogen) atoms. The largest absolute Gasteiger partial charge is 0.464 e. The molecule has 0 aliphatic rings. The van der Waals surface area contributed by atoms with Gasteiger partial charge in [-0.15, -0.1) is 0 Å². The fourth-order valence-corrected chi connectivity index (χ4v) is 2.99. The summed E-state index contributed by atoms with van der Waals surface area (Å²) in [5, 5.41) is 1.97. The van der Waals surface area contributed by atoms with Crippen LogP contribution >= 0.6 is 11.8 Å². The third-order valence-corrected chi connectivity index (χ3v) is 4.41. The lowest BCUT2D eigenvalue weighted by atomic mass is 10.0. The first-order chi connectivity index (χ1) is 12.3. The Morgan fingerprint density at radius 1 is 1.07 bits per heavy atom. The molecule has 0 bridgehead atoms. The molecule has 9 heteroatoms. The van der Waals surface area contributed by atoms with Crippen molar-refractivity contribution in [1.29, 1.82) is 0 Å². The van der Waals surface area contributed by atoms with Gasteiger partial charge >= 0.3 is 11.9 Å². The zero-order chi connectivity index (χ0) is 21.4. The van der Waals surface area contributed by atoms with Crippen molar-refractivity contribution in [3.05, 3.63) is 0 Å². The van der Waals surface area contributed by atoms with E-state index >= 15 is 0 Å². The molecule has 0 aromatic heterocycles. The Morgan fingerprint density at radius 2 is 1.63 bits per heavy atom. The Kier molecular flexibility index (Phi) is 10.3. The van der Waals surface area contributed by atoms with Gasteiger partial charge in [0.25, 0.3) is 0 Å².